The van der Waals surface area contributed by atoms with Gasteiger partial charge in [0, 0.05) is 0 Å². The van der Waals surface area contributed by atoms with E-state index in [0.717, 1.165) is 0 Å². The van der Waals surface area contributed by atoms with Crippen LogP contribution in [0.2, 0.25) is 0 Å². The van der Waals surface area contributed by atoms with Gasteiger partial charge in [-0.15, -0.1) is 11.3 Å². The van der Waals surface area contributed by atoms with Gasteiger partial charge in [-0.3, -0.25) is 0 Å². The molecule has 2 nitrogen and oxygen atoms in total. The summed E-state index contributed by atoms with van der Waals surface area (Å²) in [7, 11) is 0. The van der Waals surface area contributed by atoms with Gasteiger partial charge in [0.1, 0.15) is 5.82 Å². The maximum absolute atomic E-state index is 5.63. The molecular weight excluding hydrogens is 144 g/mol. The molecule has 0 saturated heterocycles. The van der Waals surface area contributed by atoms with E-state index in [-0.39, 0.29) is 5.41 Å². The minimum atomic E-state index is 0.144. The quantitative estimate of drug-likeness (QED) is 0.624. The second-order valence-corrected chi connectivity index (χ2v) is 4.17. The minimum absolute atomic E-state index is 0.144. The smallest absolute Gasteiger partial charge is 0.138 e. The highest BCUT2D eigenvalue weighted by atomic mass is 32.1. The summed E-state index contributed by atoms with van der Waals surface area (Å²) in [4.78, 5) is 5.15. The van der Waals surface area contributed by atoms with Crippen LogP contribution in [0.15, 0.2) is 5.51 Å². The zero-order valence-electron chi connectivity index (χ0n) is 6.51. The molecule has 10 heavy (non-hydrogen) atoms. The second-order valence-electron chi connectivity index (χ2n) is 3.32. The number of hydrogen-bond acceptors (Lipinski definition) is 3. The van der Waals surface area contributed by atoms with Crippen LogP contribution in [0.1, 0.15) is 25.6 Å². The van der Waals surface area contributed by atoms with E-state index >= 15 is 0 Å². The lowest BCUT2D eigenvalue weighted by Gasteiger charge is -2.15. The number of nitrogens with zero attached hydrogens (tertiary/aromatic N) is 1. The van der Waals surface area contributed by atoms with Gasteiger partial charge in [-0.25, -0.2) is 4.98 Å². The molecule has 0 amide bonds. The summed E-state index contributed by atoms with van der Waals surface area (Å²) in [5.74, 6) is 0.678. The van der Waals surface area contributed by atoms with Crippen molar-refractivity contribution in [2.75, 3.05) is 5.73 Å². The normalized spacial score (nSPS) is 11.9. The molecule has 3 heteroatoms. The van der Waals surface area contributed by atoms with Crippen molar-refractivity contribution in [3.8, 4) is 0 Å². The zero-order chi connectivity index (χ0) is 7.78. The van der Waals surface area contributed by atoms with Crippen molar-refractivity contribution in [3.63, 3.8) is 0 Å². The number of aromatic nitrogens is 1. The Balaban J connectivity index is 3.05. The van der Waals surface area contributed by atoms with Crippen molar-refractivity contribution < 1.29 is 0 Å². The van der Waals surface area contributed by atoms with Gasteiger partial charge < -0.3 is 5.73 Å². The Morgan fingerprint density at radius 1 is 1.50 bits per heavy atom. The average molecular weight is 156 g/mol. The Morgan fingerprint density at radius 3 is 2.30 bits per heavy atom. The summed E-state index contributed by atoms with van der Waals surface area (Å²) < 4.78 is 0. The van der Waals surface area contributed by atoms with Crippen molar-refractivity contribution in [1.29, 1.82) is 0 Å². The lowest BCUT2D eigenvalue weighted by atomic mass is 9.95. The first-order valence-corrected chi connectivity index (χ1v) is 4.09. The molecule has 2 N–H and O–H groups in total. The topological polar surface area (TPSA) is 38.9 Å². The van der Waals surface area contributed by atoms with E-state index in [9.17, 15) is 0 Å². The van der Waals surface area contributed by atoms with E-state index in [1.807, 2.05) is 0 Å². The first-order chi connectivity index (χ1) is 4.52. The highest BCUT2D eigenvalue weighted by molar-refractivity contribution is 7.10. The molecule has 0 aliphatic carbocycles. The first kappa shape index (κ1) is 7.54. The highest BCUT2D eigenvalue weighted by Gasteiger charge is 2.18. The third kappa shape index (κ3) is 1.29. The monoisotopic (exact) mass is 156 g/mol. The van der Waals surface area contributed by atoms with Gasteiger partial charge in [0.2, 0.25) is 0 Å². The zero-order valence-corrected chi connectivity index (χ0v) is 7.33. The maximum atomic E-state index is 5.63. The van der Waals surface area contributed by atoms with Gasteiger partial charge in [0.15, 0.2) is 0 Å². The number of anilines is 1. The molecule has 1 heterocycles. The largest absolute Gasteiger partial charge is 0.383 e. The Morgan fingerprint density at radius 2 is 2.10 bits per heavy atom. The van der Waals surface area contributed by atoms with E-state index in [1.54, 1.807) is 16.8 Å². The van der Waals surface area contributed by atoms with Crippen LogP contribution in [0.25, 0.3) is 0 Å². The van der Waals surface area contributed by atoms with E-state index in [4.69, 9.17) is 5.73 Å². The fourth-order valence-electron chi connectivity index (χ4n) is 0.816. The Bertz CT molecular complexity index is 222. The van der Waals surface area contributed by atoms with Crippen LogP contribution >= 0.6 is 11.3 Å². The molecular formula is C7H12N2S. The molecule has 1 aromatic heterocycles. The van der Waals surface area contributed by atoms with Crippen LogP contribution in [-0.2, 0) is 5.41 Å². The third-order valence-electron chi connectivity index (χ3n) is 1.28. The van der Waals surface area contributed by atoms with Gasteiger partial charge in [0.25, 0.3) is 0 Å². The van der Waals surface area contributed by atoms with Gasteiger partial charge in [-0.05, 0) is 5.41 Å². The third-order valence-corrected chi connectivity index (χ3v) is 2.54. The molecule has 0 unspecified atom stereocenters. The fourth-order valence-corrected chi connectivity index (χ4v) is 1.61. The van der Waals surface area contributed by atoms with Crippen LogP contribution in [0.4, 0.5) is 5.82 Å². The maximum Gasteiger partial charge on any atom is 0.138 e. The molecule has 0 aliphatic rings. The standard InChI is InChI=1S/C7H12N2S/c1-7(2,3)5-6(8)9-4-10-5/h4H,8H2,1-3H3. The number of thiazole rings is 1. The molecule has 1 aromatic rings. The summed E-state index contributed by atoms with van der Waals surface area (Å²) in [5, 5.41) is 0. The Hall–Kier alpha value is -0.570. The summed E-state index contributed by atoms with van der Waals surface area (Å²) >= 11 is 1.62. The summed E-state index contributed by atoms with van der Waals surface area (Å²) in [5.41, 5.74) is 7.56. The molecule has 0 bridgehead atoms. The van der Waals surface area contributed by atoms with Gasteiger partial charge in [-0.1, -0.05) is 20.8 Å². The molecule has 0 aromatic carbocycles. The van der Waals surface area contributed by atoms with E-state index < -0.39 is 0 Å². The van der Waals surface area contributed by atoms with Crippen molar-refractivity contribution in [1.82, 2.24) is 4.98 Å². The number of nitrogens with two attached hydrogens (primary N) is 1. The van der Waals surface area contributed by atoms with Crippen LogP contribution < -0.4 is 5.73 Å². The van der Waals surface area contributed by atoms with E-state index in [1.165, 1.54) is 4.88 Å². The first-order valence-electron chi connectivity index (χ1n) is 3.21. The van der Waals surface area contributed by atoms with Crippen molar-refractivity contribution in [2.45, 2.75) is 26.2 Å². The highest BCUT2D eigenvalue weighted by Crippen LogP contribution is 2.30. The summed E-state index contributed by atoms with van der Waals surface area (Å²) in [6.07, 6.45) is 0. The molecule has 0 spiro atoms. The SMILES string of the molecule is CC(C)(C)c1scnc1N. The van der Waals surface area contributed by atoms with Gasteiger partial charge in [0.05, 0.1) is 10.4 Å². The molecule has 0 atom stereocenters. The van der Waals surface area contributed by atoms with Gasteiger partial charge >= 0.3 is 0 Å². The summed E-state index contributed by atoms with van der Waals surface area (Å²) in [6, 6.07) is 0. The fraction of sp³-hybridized carbons (Fsp3) is 0.571. The average Bonchev–Trinajstić information content (AvgIpc) is 2.11. The summed E-state index contributed by atoms with van der Waals surface area (Å²) in [6.45, 7) is 6.41. The predicted octanol–water partition coefficient (Wildman–Crippen LogP) is 2.02. The molecule has 0 radical (unpaired) electrons. The predicted molar refractivity (Wildman–Crippen MR) is 45.2 cm³/mol. The van der Waals surface area contributed by atoms with Gasteiger partial charge in [-0.2, -0.15) is 0 Å². The van der Waals surface area contributed by atoms with E-state index in [2.05, 4.69) is 25.8 Å². The molecule has 1 rings (SSSR count). The number of nitrogen functional groups attached to an aromatic ring is 1. The number of rotatable bonds is 0. The molecule has 0 aliphatic heterocycles. The van der Waals surface area contributed by atoms with Crippen LogP contribution in [0.5, 0.6) is 0 Å². The Kier molecular flexibility index (Phi) is 1.68. The van der Waals surface area contributed by atoms with E-state index in [0.29, 0.717) is 5.82 Å². The van der Waals surface area contributed by atoms with Crippen molar-refractivity contribution in [2.24, 2.45) is 0 Å². The lowest BCUT2D eigenvalue weighted by Crippen LogP contribution is -2.11. The second kappa shape index (κ2) is 2.23. The molecule has 0 saturated carbocycles. The number of hydrogen-bond donors (Lipinski definition) is 1. The van der Waals surface area contributed by atoms with Crippen molar-refractivity contribution in [3.05, 3.63) is 10.4 Å². The Labute approximate surface area is 65.1 Å². The minimum Gasteiger partial charge on any atom is -0.383 e. The molecule has 0 fully saturated rings. The van der Waals surface area contributed by atoms with Crippen LogP contribution in [-0.4, -0.2) is 4.98 Å². The van der Waals surface area contributed by atoms with Crippen molar-refractivity contribution >= 4 is 17.2 Å². The van der Waals surface area contributed by atoms with Crippen LogP contribution in [0.3, 0.4) is 0 Å². The molecule has 56 valence electrons. The lowest BCUT2D eigenvalue weighted by molar-refractivity contribution is 0.605. The van der Waals surface area contributed by atoms with Crippen LogP contribution in [0, 0.1) is 0 Å².